The summed E-state index contributed by atoms with van der Waals surface area (Å²) < 4.78 is 0. The fourth-order valence-electron chi connectivity index (χ4n) is 3.65. The number of carbonyl (C=O) groups excluding carboxylic acids is 1. The van der Waals surface area contributed by atoms with Gasteiger partial charge in [-0.3, -0.25) is 4.79 Å². The lowest BCUT2D eigenvalue weighted by Crippen LogP contribution is -2.49. The van der Waals surface area contributed by atoms with Crippen LogP contribution in [-0.2, 0) is 0 Å². The zero-order valence-corrected chi connectivity index (χ0v) is 16.0. The number of piperazine rings is 1. The predicted octanol–water partition coefficient (Wildman–Crippen LogP) is 2.80. The molecule has 1 amide bonds. The second-order valence-electron chi connectivity index (χ2n) is 6.97. The van der Waals surface area contributed by atoms with Gasteiger partial charge in [-0.25, -0.2) is 9.97 Å². The first-order valence-corrected chi connectivity index (χ1v) is 10.2. The first-order valence-electron chi connectivity index (χ1n) is 9.38. The third kappa shape index (κ3) is 3.67. The first kappa shape index (κ1) is 17.3. The monoisotopic (exact) mass is 371 g/mol. The minimum atomic E-state index is 0.152. The minimum Gasteiger partial charge on any atom is -0.356 e. The maximum atomic E-state index is 12.6. The number of hydrogen-bond acceptors (Lipinski definition) is 6. The molecule has 0 saturated carbocycles. The Morgan fingerprint density at radius 1 is 0.923 bits per heavy atom. The molecule has 0 spiro atoms. The summed E-state index contributed by atoms with van der Waals surface area (Å²) in [5.74, 6) is 2.15. The van der Waals surface area contributed by atoms with Crippen LogP contribution in [0.2, 0.25) is 0 Å². The number of aromatic nitrogens is 2. The molecule has 2 aromatic rings. The van der Waals surface area contributed by atoms with E-state index in [1.165, 1.54) is 24.1 Å². The standard InChI is InChI=1S/C19H25N5OS/c1-15-5-6-16(26-15)19(25)24-11-9-23(10-12-24)18-13-17(20-14-21-18)22-7-3-2-4-8-22/h5-6,13-14H,2-4,7-12H2,1H3. The highest BCUT2D eigenvalue weighted by Gasteiger charge is 2.24. The van der Waals surface area contributed by atoms with Gasteiger partial charge in [0.15, 0.2) is 0 Å². The van der Waals surface area contributed by atoms with E-state index in [1.807, 2.05) is 24.0 Å². The van der Waals surface area contributed by atoms with Crippen LogP contribution in [0.5, 0.6) is 0 Å². The summed E-state index contributed by atoms with van der Waals surface area (Å²) in [6.07, 6.45) is 5.46. The molecule has 2 aliphatic heterocycles. The molecule has 26 heavy (non-hydrogen) atoms. The third-order valence-corrected chi connectivity index (χ3v) is 6.15. The van der Waals surface area contributed by atoms with Crippen LogP contribution in [0, 0.1) is 6.92 Å². The molecule has 138 valence electrons. The van der Waals surface area contributed by atoms with Gasteiger partial charge in [0.05, 0.1) is 4.88 Å². The summed E-state index contributed by atoms with van der Waals surface area (Å²) >= 11 is 1.57. The van der Waals surface area contributed by atoms with Crippen LogP contribution in [0.4, 0.5) is 11.6 Å². The van der Waals surface area contributed by atoms with Gasteiger partial charge in [-0.05, 0) is 38.3 Å². The zero-order valence-electron chi connectivity index (χ0n) is 15.2. The molecule has 2 aromatic heterocycles. The van der Waals surface area contributed by atoms with Crippen molar-refractivity contribution in [2.75, 3.05) is 49.1 Å². The lowest BCUT2D eigenvalue weighted by Gasteiger charge is -2.35. The van der Waals surface area contributed by atoms with Gasteiger partial charge < -0.3 is 14.7 Å². The Hall–Kier alpha value is -2.15. The van der Waals surface area contributed by atoms with E-state index in [0.29, 0.717) is 0 Å². The Kier molecular flexibility index (Phi) is 5.06. The molecule has 2 aliphatic rings. The van der Waals surface area contributed by atoms with Gasteiger partial charge in [0.25, 0.3) is 5.91 Å². The summed E-state index contributed by atoms with van der Waals surface area (Å²) in [6, 6.07) is 6.05. The number of thiophene rings is 1. The smallest absolute Gasteiger partial charge is 0.264 e. The van der Waals surface area contributed by atoms with Crippen molar-refractivity contribution in [3.8, 4) is 0 Å². The van der Waals surface area contributed by atoms with Crippen molar-refractivity contribution < 1.29 is 4.79 Å². The highest BCUT2D eigenvalue weighted by molar-refractivity contribution is 7.13. The number of carbonyl (C=O) groups is 1. The number of aryl methyl sites for hydroxylation is 1. The van der Waals surface area contributed by atoms with Crippen molar-refractivity contribution in [3.05, 3.63) is 34.3 Å². The number of rotatable bonds is 3. The Balaban J connectivity index is 1.39. The van der Waals surface area contributed by atoms with Crippen LogP contribution in [0.1, 0.15) is 33.8 Å². The fraction of sp³-hybridized carbons (Fsp3) is 0.526. The van der Waals surface area contributed by atoms with Crippen LogP contribution < -0.4 is 9.80 Å². The van der Waals surface area contributed by atoms with E-state index >= 15 is 0 Å². The van der Waals surface area contributed by atoms with Crippen molar-refractivity contribution in [1.29, 1.82) is 0 Å². The van der Waals surface area contributed by atoms with Crippen molar-refractivity contribution in [2.24, 2.45) is 0 Å². The quantitative estimate of drug-likeness (QED) is 0.830. The Morgan fingerprint density at radius 2 is 1.58 bits per heavy atom. The molecule has 0 atom stereocenters. The van der Waals surface area contributed by atoms with Crippen LogP contribution in [0.15, 0.2) is 24.5 Å². The van der Waals surface area contributed by atoms with Crippen LogP contribution in [0.3, 0.4) is 0 Å². The second kappa shape index (κ2) is 7.61. The lowest BCUT2D eigenvalue weighted by molar-refractivity contribution is 0.0751. The van der Waals surface area contributed by atoms with Gasteiger partial charge >= 0.3 is 0 Å². The average Bonchev–Trinajstić information content (AvgIpc) is 3.15. The van der Waals surface area contributed by atoms with E-state index in [4.69, 9.17) is 0 Å². The van der Waals surface area contributed by atoms with Gasteiger partial charge in [-0.15, -0.1) is 11.3 Å². The molecular weight excluding hydrogens is 346 g/mol. The van der Waals surface area contributed by atoms with Gasteiger partial charge in [0, 0.05) is 50.2 Å². The number of nitrogens with zero attached hydrogens (tertiary/aromatic N) is 5. The molecule has 0 bridgehead atoms. The number of hydrogen-bond donors (Lipinski definition) is 0. The average molecular weight is 372 g/mol. The van der Waals surface area contributed by atoms with Crippen molar-refractivity contribution in [3.63, 3.8) is 0 Å². The molecule has 6 nitrogen and oxygen atoms in total. The summed E-state index contributed by atoms with van der Waals surface area (Å²) in [6.45, 7) is 7.29. The van der Waals surface area contributed by atoms with Crippen LogP contribution in [-0.4, -0.2) is 60.0 Å². The first-order chi connectivity index (χ1) is 12.7. The second-order valence-corrected chi connectivity index (χ2v) is 8.26. The minimum absolute atomic E-state index is 0.152. The van der Waals surface area contributed by atoms with Crippen LogP contribution in [0.25, 0.3) is 0 Å². The van der Waals surface area contributed by atoms with E-state index in [9.17, 15) is 4.79 Å². The summed E-state index contributed by atoms with van der Waals surface area (Å²) in [5.41, 5.74) is 0. The molecule has 2 fully saturated rings. The van der Waals surface area contributed by atoms with Crippen molar-refractivity contribution in [2.45, 2.75) is 26.2 Å². The largest absolute Gasteiger partial charge is 0.356 e. The van der Waals surface area contributed by atoms with Crippen molar-refractivity contribution in [1.82, 2.24) is 14.9 Å². The maximum absolute atomic E-state index is 12.6. The van der Waals surface area contributed by atoms with Gasteiger partial charge in [0.1, 0.15) is 18.0 Å². The maximum Gasteiger partial charge on any atom is 0.264 e. The molecular formula is C19H25N5OS. The molecule has 0 radical (unpaired) electrons. The molecule has 0 aliphatic carbocycles. The number of amides is 1. The lowest BCUT2D eigenvalue weighted by atomic mass is 10.1. The summed E-state index contributed by atoms with van der Waals surface area (Å²) in [7, 11) is 0. The van der Waals surface area contributed by atoms with Gasteiger partial charge in [0.2, 0.25) is 0 Å². The van der Waals surface area contributed by atoms with E-state index in [2.05, 4.69) is 25.8 Å². The molecule has 4 heterocycles. The zero-order chi connectivity index (χ0) is 17.9. The van der Waals surface area contributed by atoms with Crippen LogP contribution >= 0.6 is 11.3 Å². The number of anilines is 2. The van der Waals surface area contributed by atoms with Gasteiger partial charge in [-0.2, -0.15) is 0 Å². The molecule has 0 aromatic carbocycles. The van der Waals surface area contributed by atoms with E-state index < -0.39 is 0 Å². The molecule has 7 heteroatoms. The van der Waals surface area contributed by atoms with Gasteiger partial charge in [-0.1, -0.05) is 0 Å². The Labute approximate surface area is 158 Å². The Morgan fingerprint density at radius 3 is 2.19 bits per heavy atom. The topological polar surface area (TPSA) is 52.6 Å². The van der Waals surface area contributed by atoms with Crippen molar-refractivity contribution >= 4 is 28.9 Å². The highest BCUT2D eigenvalue weighted by atomic mass is 32.1. The predicted molar refractivity (Wildman–Crippen MR) is 105 cm³/mol. The molecule has 0 unspecified atom stereocenters. The van der Waals surface area contributed by atoms with E-state index in [0.717, 1.165) is 55.8 Å². The van der Waals surface area contributed by atoms with E-state index in [-0.39, 0.29) is 5.91 Å². The summed E-state index contributed by atoms with van der Waals surface area (Å²) in [4.78, 5) is 30.1. The number of piperidine rings is 1. The molecule has 2 saturated heterocycles. The Bertz CT molecular complexity index is 763. The highest BCUT2D eigenvalue weighted by Crippen LogP contribution is 2.23. The third-order valence-electron chi connectivity index (χ3n) is 5.16. The van der Waals surface area contributed by atoms with E-state index in [1.54, 1.807) is 17.7 Å². The fourth-order valence-corrected chi connectivity index (χ4v) is 4.49. The SMILES string of the molecule is Cc1ccc(C(=O)N2CCN(c3cc(N4CCCCC4)ncn3)CC2)s1. The summed E-state index contributed by atoms with van der Waals surface area (Å²) in [5, 5.41) is 0. The molecule has 4 rings (SSSR count). The molecule has 0 N–H and O–H groups in total. The normalized spacial score (nSPS) is 18.3.